The number of hydrogen-bond donors (Lipinski definition) is 2. The van der Waals surface area contributed by atoms with Gasteiger partial charge >= 0.3 is 6.36 Å². The predicted molar refractivity (Wildman–Crippen MR) is 99.1 cm³/mol. The highest BCUT2D eigenvalue weighted by Crippen LogP contribution is 2.23. The zero-order valence-corrected chi connectivity index (χ0v) is 15.1. The second-order valence-corrected chi connectivity index (χ2v) is 6.54. The molecule has 1 aliphatic rings. The van der Waals surface area contributed by atoms with Gasteiger partial charge in [0.1, 0.15) is 11.6 Å². The SMILES string of the molecule is O=C(CN1CCC(Nc2ccc(OC(F)(F)F)cn2)CC1)Nc1ccccc1. The average Bonchev–Trinajstić information content (AvgIpc) is 2.64. The van der Waals surface area contributed by atoms with Gasteiger partial charge in [-0.3, -0.25) is 9.69 Å². The van der Waals surface area contributed by atoms with Crippen LogP contribution in [0, 0.1) is 0 Å². The van der Waals surface area contributed by atoms with Crippen molar-refractivity contribution in [2.45, 2.75) is 25.2 Å². The molecule has 1 saturated heterocycles. The molecule has 2 aromatic rings. The Morgan fingerprint density at radius 2 is 1.86 bits per heavy atom. The van der Waals surface area contributed by atoms with Crippen molar-refractivity contribution in [3.05, 3.63) is 48.7 Å². The van der Waals surface area contributed by atoms with Crippen molar-refractivity contribution in [2.24, 2.45) is 0 Å². The summed E-state index contributed by atoms with van der Waals surface area (Å²) >= 11 is 0. The fourth-order valence-corrected chi connectivity index (χ4v) is 3.03. The molecule has 0 unspecified atom stereocenters. The summed E-state index contributed by atoms with van der Waals surface area (Å²) < 4.78 is 40.3. The number of ether oxygens (including phenoxy) is 1. The number of benzene rings is 1. The lowest BCUT2D eigenvalue weighted by Gasteiger charge is -2.32. The molecule has 0 saturated carbocycles. The molecule has 150 valence electrons. The molecule has 0 aliphatic carbocycles. The van der Waals surface area contributed by atoms with Crippen molar-refractivity contribution in [3.8, 4) is 5.75 Å². The first-order valence-corrected chi connectivity index (χ1v) is 8.93. The number of halogens is 3. The summed E-state index contributed by atoms with van der Waals surface area (Å²) in [6.07, 6.45) is -2.07. The number of anilines is 2. The maximum absolute atomic E-state index is 12.2. The highest BCUT2D eigenvalue weighted by atomic mass is 19.4. The lowest BCUT2D eigenvalue weighted by Crippen LogP contribution is -2.42. The molecular formula is C19H21F3N4O2. The number of nitrogens with zero attached hydrogens (tertiary/aromatic N) is 2. The highest BCUT2D eigenvalue weighted by molar-refractivity contribution is 5.92. The zero-order chi connectivity index (χ0) is 20.0. The van der Waals surface area contributed by atoms with Crippen molar-refractivity contribution < 1.29 is 22.7 Å². The molecule has 1 aliphatic heterocycles. The topological polar surface area (TPSA) is 66.5 Å². The largest absolute Gasteiger partial charge is 0.573 e. The molecule has 28 heavy (non-hydrogen) atoms. The lowest BCUT2D eigenvalue weighted by atomic mass is 10.1. The quantitative estimate of drug-likeness (QED) is 0.785. The minimum atomic E-state index is -4.73. The van der Waals surface area contributed by atoms with Crippen molar-refractivity contribution in [1.29, 1.82) is 0 Å². The van der Waals surface area contributed by atoms with Gasteiger partial charge in [-0.15, -0.1) is 13.2 Å². The van der Waals surface area contributed by atoms with E-state index in [9.17, 15) is 18.0 Å². The summed E-state index contributed by atoms with van der Waals surface area (Å²) in [5, 5.41) is 6.07. The zero-order valence-electron chi connectivity index (χ0n) is 15.1. The van der Waals surface area contributed by atoms with Crippen LogP contribution in [-0.2, 0) is 4.79 Å². The second-order valence-electron chi connectivity index (χ2n) is 6.54. The molecule has 6 nitrogen and oxygen atoms in total. The van der Waals surface area contributed by atoms with Gasteiger partial charge in [-0.25, -0.2) is 4.98 Å². The summed E-state index contributed by atoms with van der Waals surface area (Å²) in [7, 11) is 0. The van der Waals surface area contributed by atoms with E-state index < -0.39 is 6.36 Å². The summed E-state index contributed by atoms with van der Waals surface area (Å²) in [6, 6.07) is 12.1. The molecule has 0 radical (unpaired) electrons. The number of carbonyl (C=O) groups is 1. The van der Waals surface area contributed by atoms with Gasteiger partial charge in [0.05, 0.1) is 12.7 Å². The fourth-order valence-electron chi connectivity index (χ4n) is 3.03. The van der Waals surface area contributed by atoms with E-state index in [1.54, 1.807) is 0 Å². The molecule has 1 aromatic carbocycles. The summed E-state index contributed by atoms with van der Waals surface area (Å²) in [5.41, 5.74) is 0.771. The molecule has 2 heterocycles. The number of hydrogen-bond acceptors (Lipinski definition) is 5. The Morgan fingerprint density at radius 3 is 2.46 bits per heavy atom. The van der Waals surface area contributed by atoms with Crippen LogP contribution >= 0.6 is 0 Å². The van der Waals surface area contributed by atoms with Crippen LogP contribution in [0.4, 0.5) is 24.7 Å². The maximum Gasteiger partial charge on any atom is 0.573 e. The maximum atomic E-state index is 12.2. The molecule has 0 atom stereocenters. The Bertz CT molecular complexity index is 761. The number of para-hydroxylation sites is 1. The number of rotatable bonds is 6. The standard InChI is InChI=1S/C19H21F3N4O2/c20-19(21,22)28-16-6-7-17(23-12-16)24-15-8-10-26(11-9-15)13-18(27)25-14-4-2-1-3-5-14/h1-7,12,15H,8-11,13H2,(H,23,24)(H,25,27). The molecule has 1 fully saturated rings. The monoisotopic (exact) mass is 394 g/mol. The van der Waals surface area contributed by atoms with E-state index in [-0.39, 0.29) is 17.7 Å². The van der Waals surface area contributed by atoms with Crippen molar-refractivity contribution >= 4 is 17.4 Å². The van der Waals surface area contributed by atoms with Gasteiger partial charge in [0, 0.05) is 24.8 Å². The lowest BCUT2D eigenvalue weighted by molar-refractivity contribution is -0.274. The third kappa shape index (κ3) is 6.41. The average molecular weight is 394 g/mol. The Hall–Kier alpha value is -2.81. The van der Waals surface area contributed by atoms with Crippen LogP contribution in [0.2, 0.25) is 0 Å². The predicted octanol–water partition coefficient (Wildman–Crippen LogP) is 3.50. The molecular weight excluding hydrogens is 373 g/mol. The summed E-state index contributed by atoms with van der Waals surface area (Å²) in [4.78, 5) is 18.1. The molecule has 0 bridgehead atoms. The molecule has 1 amide bonds. The van der Waals surface area contributed by atoms with Crippen molar-refractivity contribution in [3.63, 3.8) is 0 Å². The van der Waals surface area contributed by atoms with Gasteiger partial charge in [0.2, 0.25) is 5.91 Å². The number of piperidine rings is 1. The molecule has 9 heteroatoms. The number of aromatic nitrogens is 1. The van der Waals surface area contributed by atoms with Gasteiger partial charge in [0.25, 0.3) is 0 Å². The van der Waals surface area contributed by atoms with E-state index in [1.807, 2.05) is 30.3 Å². The van der Waals surface area contributed by atoms with E-state index >= 15 is 0 Å². The van der Waals surface area contributed by atoms with Crippen LogP contribution in [0.25, 0.3) is 0 Å². The van der Waals surface area contributed by atoms with E-state index in [0.29, 0.717) is 12.4 Å². The van der Waals surface area contributed by atoms with Crippen LogP contribution in [-0.4, -0.2) is 47.8 Å². The van der Waals surface area contributed by atoms with Gasteiger partial charge < -0.3 is 15.4 Å². The Morgan fingerprint density at radius 1 is 1.14 bits per heavy atom. The second kappa shape index (κ2) is 8.92. The number of likely N-dealkylation sites (tertiary alicyclic amines) is 1. The molecule has 1 aromatic heterocycles. The van der Waals surface area contributed by atoms with E-state index in [4.69, 9.17) is 0 Å². The van der Waals surface area contributed by atoms with Gasteiger partial charge in [0.15, 0.2) is 0 Å². The van der Waals surface area contributed by atoms with Crippen LogP contribution in [0.15, 0.2) is 48.7 Å². The highest BCUT2D eigenvalue weighted by Gasteiger charge is 2.31. The molecule has 0 spiro atoms. The first-order valence-electron chi connectivity index (χ1n) is 8.93. The first kappa shape index (κ1) is 19.9. The number of amides is 1. The summed E-state index contributed by atoms with van der Waals surface area (Å²) in [6.45, 7) is 1.81. The first-order chi connectivity index (χ1) is 13.4. The van der Waals surface area contributed by atoms with Crippen molar-refractivity contribution in [1.82, 2.24) is 9.88 Å². The van der Waals surface area contributed by atoms with Gasteiger partial charge in [-0.05, 0) is 37.1 Å². The van der Waals surface area contributed by atoms with Gasteiger partial charge in [-0.2, -0.15) is 0 Å². The normalized spacial score (nSPS) is 15.8. The number of alkyl halides is 3. The van der Waals surface area contributed by atoms with E-state index in [0.717, 1.165) is 37.8 Å². The Labute approximate surface area is 160 Å². The molecule has 2 N–H and O–H groups in total. The summed E-state index contributed by atoms with van der Waals surface area (Å²) in [5.74, 6) is 0.0895. The minimum absolute atomic E-state index is 0.0560. The van der Waals surface area contributed by atoms with Crippen LogP contribution in [0.5, 0.6) is 5.75 Å². The minimum Gasteiger partial charge on any atom is -0.404 e. The third-order valence-electron chi connectivity index (χ3n) is 4.33. The van der Waals surface area contributed by atoms with E-state index in [2.05, 4.69) is 25.3 Å². The van der Waals surface area contributed by atoms with Crippen molar-refractivity contribution in [2.75, 3.05) is 30.3 Å². The van der Waals surface area contributed by atoms with Crippen LogP contribution in [0.3, 0.4) is 0 Å². The smallest absolute Gasteiger partial charge is 0.404 e. The Kier molecular flexibility index (Phi) is 6.35. The fraction of sp³-hybridized carbons (Fsp3) is 0.368. The van der Waals surface area contributed by atoms with Crippen LogP contribution < -0.4 is 15.4 Å². The van der Waals surface area contributed by atoms with Crippen LogP contribution in [0.1, 0.15) is 12.8 Å². The Balaban J connectivity index is 1.41. The third-order valence-corrected chi connectivity index (χ3v) is 4.33. The van der Waals surface area contributed by atoms with E-state index in [1.165, 1.54) is 12.1 Å². The number of pyridine rings is 1. The number of carbonyl (C=O) groups excluding carboxylic acids is 1. The number of nitrogens with one attached hydrogen (secondary N) is 2. The van der Waals surface area contributed by atoms with Gasteiger partial charge in [-0.1, -0.05) is 18.2 Å². The molecule has 3 rings (SSSR count).